The van der Waals surface area contributed by atoms with Gasteiger partial charge in [0.2, 0.25) is 5.01 Å². The van der Waals surface area contributed by atoms with Gasteiger partial charge in [-0.15, -0.1) is 20.4 Å². The van der Waals surface area contributed by atoms with Crippen molar-refractivity contribution in [1.82, 2.24) is 10.2 Å². The van der Waals surface area contributed by atoms with Crippen LogP contribution in [0.4, 0.5) is 59.9 Å². The van der Waals surface area contributed by atoms with Crippen LogP contribution in [0.25, 0.3) is 0 Å². The predicted molar refractivity (Wildman–Crippen MR) is 199 cm³/mol. The molecule has 1 unspecified atom stereocenters. The molecule has 3 heterocycles. The maximum atomic E-state index is 13.4. The average molecular weight is 855 g/mol. The Morgan fingerprint density at radius 3 is 2.18 bits per heavy atom. The lowest BCUT2D eigenvalue weighted by Crippen LogP contribution is -2.46. The third kappa shape index (κ3) is 8.82. The lowest BCUT2D eigenvalue weighted by molar-refractivity contribution is -0.0435. The van der Waals surface area contributed by atoms with Crippen LogP contribution in [0.1, 0.15) is 81.7 Å². The summed E-state index contributed by atoms with van der Waals surface area (Å²) in [6.07, 6.45) is 1.56. The Kier molecular flexibility index (Phi) is 11.7. The highest BCUT2D eigenvalue weighted by Gasteiger charge is 2.47. The van der Waals surface area contributed by atoms with Gasteiger partial charge in [0, 0.05) is 43.5 Å². The molecule has 2 N–H and O–H groups in total. The molecule has 0 fully saturated rings. The number of nitrogens with one attached hydrogen (secondary N) is 2. The normalized spacial score (nSPS) is 18.4. The predicted octanol–water partition coefficient (Wildman–Crippen LogP) is 8.11. The topological polar surface area (TPSA) is 176 Å². The molecule has 1 aromatic heterocycles. The molecule has 2 aliphatic rings. The molecule has 14 nitrogen and oxygen atoms in total. The van der Waals surface area contributed by atoms with Crippen LogP contribution in [0, 0.1) is 0 Å². The minimum Gasteiger partial charge on any atom is -0.460 e. The molecule has 0 amide bonds. The number of carbonyl (C=O) groups is 1. The quantitative estimate of drug-likeness (QED) is 0.103. The largest absolute Gasteiger partial charge is 0.516 e. The van der Waals surface area contributed by atoms with Crippen molar-refractivity contribution in [2.24, 2.45) is 10.2 Å². The second-order valence-corrected chi connectivity index (χ2v) is 18.8. The highest BCUT2D eigenvalue weighted by Crippen LogP contribution is 2.47. The van der Waals surface area contributed by atoms with Gasteiger partial charge < -0.3 is 14.5 Å². The molecule has 56 heavy (non-hydrogen) atoms. The summed E-state index contributed by atoms with van der Waals surface area (Å²) in [5.41, 5.74) is -10.4. The van der Waals surface area contributed by atoms with Gasteiger partial charge in [-0.25, -0.2) is 4.79 Å². The summed E-state index contributed by atoms with van der Waals surface area (Å²) in [5, 5.41) is 15.2. The minimum absolute atomic E-state index is 0.107. The van der Waals surface area contributed by atoms with Gasteiger partial charge in [0.25, 0.3) is 5.13 Å². The van der Waals surface area contributed by atoms with Crippen molar-refractivity contribution in [3.8, 4) is 0 Å². The van der Waals surface area contributed by atoms with Crippen molar-refractivity contribution in [1.29, 1.82) is 0 Å². The number of hydrogen-bond donors (Lipinski definition) is 2. The number of sulfonamides is 2. The second kappa shape index (κ2) is 15.3. The van der Waals surface area contributed by atoms with Crippen LogP contribution in [0.5, 0.6) is 0 Å². The monoisotopic (exact) mass is 854 g/mol. The number of aromatic nitrogens is 2. The van der Waals surface area contributed by atoms with Crippen molar-refractivity contribution < 1.29 is 52.7 Å². The first-order valence-corrected chi connectivity index (χ1v) is 21.0. The highest BCUT2D eigenvalue weighted by molar-refractivity contribution is 7.93. The standard InChI is InChI=1S/C33H40F6N8O6S3/c1-7-46-13-12-30(3,4)22-16-23(24(17-25(22)46)45-56(51,52)33(37,38)39)40-42-29-43-41-27(54-29)28(48)53-14-11-20-18-31(5,6)21-10-9-19(15-26(21)47(20)8-2)44-55(49,50)32(34,35)36/h9-10,15-17,20,44-45H,7-8,11-14,18H2,1-6H3. The fraction of sp³-hybridized carbons (Fsp3) is 0.545. The molecular weight excluding hydrogens is 815 g/mol. The fourth-order valence-electron chi connectivity index (χ4n) is 6.84. The number of fused-ring (bicyclic) bond motifs is 2. The summed E-state index contributed by atoms with van der Waals surface area (Å²) in [6, 6.07) is 6.70. The first-order chi connectivity index (χ1) is 25.8. The van der Waals surface area contributed by atoms with Crippen molar-refractivity contribution in [3.63, 3.8) is 0 Å². The Labute approximate surface area is 323 Å². The van der Waals surface area contributed by atoms with Crippen LogP contribution < -0.4 is 19.2 Å². The lowest BCUT2D eigenvalue weighted by Gasteiger charge is -2.46. The third-order valence-electron chi connectivity index (χ3n) is 9.76. The van der Waals surface area contributed by atoms with Crippen molar-refractivity contribution in [2.75, 3.05) is 45.5 Å². The zero-order chi connectivity index (χ0) is 41.6. The van der Waals surface area contributed by atoms with E-state index in [1.165, 1.54) is 24.3 Å². The molecule has 0 radical (unpaired) electrons. The maximum Gasteiger partial charge on any atom is 0.516 e. The van der Waals surface area contributed by atoms with E-state index in [4.69, 9.17) is 4.74 Å². The van der Waals surface area contributed by atoms with E-state index < -0.39 is 53.5 Å². The smallest absolute Gasteiger partial charge is 0.460 e. The SMILES string of the molecule is CCN1CCC(C)(C)c2cc(N=Nc3nnc(C(=O)OCCC4CC(C)(C)c5ccc(NS(=O)(=O)C(F)(F)F)cc5N4CC)s3)c(NS(=O)(=O)C(F)(F)F)cc21. The molecular formula is C33H40F6N8O6S3. The molecule has 2 aliphatic heterocycles. The molecule has 23 heteroatoms. The van der Waals surface area contributed by atoms with E-state index in [9.17, 15) is 48.0 Å². The van der Waals surface area contributed by atoms with Crippen LogP contribution in [0.15, 0.2) is 40.6 Å². The van der Waals surface area contributed by atoms with Crippen LogP contribution in [0.3, 0.4) is 0 Å². The van der Waals surface area contributed by atoms with Gasteiger partial charge in [-0.3, -0.25) is 9.44 Å². The number of rotatable bonds is 12. The first kappa shape index (κ1) is 42.9. The van der Waals surface area contributed by atoms with Crippen LogP contribution in [-0.2, 0) is 35.6 Å². The van der Waals surface area contributed by atoms with Gasteiger partial charge in [-0.2, -0.15) is 43.2 Å². The molecule has 3 aromatic rings. The number of azo groups is 1. The Hall–Kier alpha value is -4.25. The zero-order valence-electron chi connectivity index (χ0n) is 31.0. The Morgan fingerprint density at radius 1 is 0.893 bits per heavy atom. The number of ether oxygens (including phenoxy) is 1. The number of halogens is 6. The highest BCUT2D eigenvalue weighted by atomic mass is 32.2. The number of esters is 1. The van der Waals surface area contributed by atoms with E-state index in [1.807, 2.05) is 51.3 Å². The maximum absolute atomic E-state index is 13.4. The van der Waals surface area contributed by atoms with E-state index in [0.29, 0.717) is 60.8 Å². The molecule has 2 aromatic carbocycles. The van der Waals surface area contributed by atoms with Gasteiger partial charge in [-0.05, 0) is 72.9 Å². The molecule has 0 saturated carbocycles. The summed E-state index contributed by atoms with van der Waals surface area (Å²) in [7, 11) is -11.5. The molecule has 0 bridgehead atoms. The summed E-state index contributed by atoms with van der Waals surface area (Å²) >= 11 is 0.675. The number of carbonyl (C=O) groups excluding carboxylic acids is 1. The first-order valence-electron chi connectivity index (χ1n) is 17.3. The van der Waals surface area contributed by atoms with Gasteiger partial charge in [0.15, 0.2) is 0 Å². The summed E-state index contributed by atoms with van der Waals surface area (Å²) in [4.78, 5) is 16.8. The Bertz CT molecular complexity index is 2230. The van der Waals surface area contributed by atoms with E-state index in [-0.39, 0.29) is 40.6 Å². The van der Waals surface area contributed by atoms with Crippen LogP contribution in [-0.4, -0.2) is 76.3 Å². The van der Waals surface area contributed by atoms with Gasteiger partial charge in [-0.1, -0.05) is 45.1 Å². The molecule has 0 saturated heterocycles. The summed E-state index contributed by atoms with van der Waals surface area (Å²) < 4.78 is 136. The van der Waals surface area contributed by atoms with Gasteiger partial charge >= 0.3 is 37.0 Å². The second-order valence-electron chi connectivity index (χ2n) is 14.5. The van der Waals surface area contributed by atoms with Crippen molar-refractivity contribution >= 4 is 70.9 Å². The summed E-state index contributed by atoms with van der Waals surface area (Å²) in [6.45, 7) is 12.9. The molecule has 5 rings (SSSR count). The van der Waals surface area contributed by atoms with E-state index >= 15 is 0 Å². The van der Waals surface area contributed by atoms with E-state index in [0.717, 1.165) is 5.56 Å². The Balaban J connectivity index is 1.31. The number of alkyl halides is 6. The van der Waals surface area contributed by atoms with E-state index in [2.05, 4.69) is 20.4 Å². The molecule has 0 aliphatic carbocycles. The Morgan fingerprint density at radius 2 is 1.55 bits per heavy atom. The van der Waals surface area contributed by atoms with Crippen molar-refractivity contribution in [2.45, 2.75) is 88.7 Å². The number of hydrogen-bond acceptors (Lipinski definition) is 13. The van der Waals surface area contributed by atoms with Crippen molar-refractivity contribution in [3.05, 3.63) is 46.5 Å². The minimum atomic E-state index is -5.82. The van der Waals surface area contributed by atoms with Crippen LogP contribution >= 0.6 is 11.3 Å². The van der Waals surface area contributed by atoms with Gasteiger partial charge in [0.1, 0.15) is 5.69 Å². The molecule has 0 spiro atoms. The number of nitrogens with zero attached hydrogens (tertiary/aromatic N) is 6. The number of benzene rings is 2. The third-order valence-corrected chi connectivity index (χ3v) is 12.8. The van der Waals surface area contributed by atoms with Crippen LogP contribution in [0.2, 0.25) is 0 Å². The fourth-order valence-corrected chi connectivity index (χ4v) is 8.52. The van der Waals surface area contributed by atoms with Gasteiger partial charge in [0.05, 0.1) is 18.0 Å². The number of anilines is 4. The summed E-state index contributed by atoms with van der Waals surface area (Å²) in [5.74, 6) is -0.861. The van der Waals surface area contributed by atoms with E-state index in [1.54, 1.807) is 15.5 Å². The average Bonchev–Trinajstić information content (AvgIpc) is 3.55. The zero-order valence-corrected chi connectivity index (χ0v) is 33.5. The molecule has 308 valence electrons. The molecule has 1 atom stereocenters. The lowest BCUT2D eigenvalue weighted by atomic mass is 9.74.